The van der Waals surface area contributed by atoms with Crippen molar-refractivity contribution >= 4 is 39.1 Å². The second-order valence-corrected chi connectivity index (χ2v) is 6.75. The summed E-state index contributed by atoms with van der Waals surface area (Å²) >= 11 is 4.93. The largest absolute Gasteiger partial charge is 0.483 e. The summed E-state index contributed by atoms with van der Waals surface area (Å²) in [5.41, 5.74) is 0.220. The van der Waals surface area contributed by atoms with E-state index in [-0.39, 0.29) is 6.09 Å². The van der Waals surface area contributed by atoms with Crippen LogP contribution in [0.15, 0.2) is 22.2 Å². The monoisotopic (exact) mass is 345 g/mol. The van der Waals surface area contributed by atoms with Gasteiger partial charge in [0.1, 0.15) is 17.9 Å². The maximum Gasteiger partial charge on any atom is 0.415 e. The molecule has 0 saturated heterocycles. The van der Waals surface area contributed by atoms with Crippen LogP contribution in [0, 0.1) is 0 Å². The number of amides is 1. The molecule has 4 nitrogen and oxygen atoms in total. The third-order valence-electron chi connectivity index (χ3n) is 2.37. The maximum atomic E-state index is 12.3. The van der Waals surface area contributed by atoms with Gasteiger partial charge in [-0.05, 0) is 48.1 Å². The fraction of sp³-hybridized carbons (Fsp3) is 0.462. The van der Waals surface area contributed by atoms with E-state index in [4.69, 9.17) is 9.47 Å². The molecule has 2 rings (SSSR count). The lowest BCUT2D eigenvalue weighted by molar-refractivity contribution is 0.0293. The van der Waals surface area contributed by atoms with Crippen LogP contribution in [0.25, 0.3) is 5.70 Å². The number of hydrogen-bond acceptors (Lipinski definition) is 4. The molecule has 6 heteroatoms. The Morgan fingerprint density at radius 3 is 2.84 bits per heavy atom. The van der Waals surface area contributed by atoms with Crippen molar-refractivity contribution in [3.05, 3.63) is 27.1 Å². The number of hydrogen-bond donors (Lipinski definition) is 0. The first-order chi connectivity index (χ1) is 8.88. The molecule has 19 heavy (non-hydrogen) atoms. The first-order valence-corrected chi connectivity index (χ1v) is 7.63. The van der Waals surface area contributed by atoms with E-state index in [2.05, 4.69) is 15.9 Å². The highest BCUT2D eigenvalue weighted by molar-refractivity contribution is 9.11. The third kappa shape index (κ3) is 3.51. The summed E-state index contributed by atoms with van der Waals surface area (Å²) in [7, 11) is 0. The molecule has 0 radical (unpaired) electrons. The van der Waals surface area contributed by atoms with Crippen LogP contribution in [0.5, 0.6) is 0 Å². The van der Waals surface area contributed by atoms with E-state index >= 15 is 0 Å². The summed E-state index contributed by atoms with van der Waals surface area (Å²) in [6.45, 7) is 6.50. The van der Waals surface area contributed by atoms with E-state index in [1.807, 2.05) is 38.3 Å². The predicted molar refractivity (Wildman–Crippen MR) is 79.1 cm³/mol. The quantitative estimate of drug-likeness (QED) is 0.770. The molecule has 1 aliphatic heterocycles. The highest BCUT2D eigenvalue weighted by atomic mass is 79.9. The lowest BCUT2D eigenvalue weighted by Crippen LogP contribution is -2.39. The van der Waals surface area contributed by atoms with Gasteiger partial charge < -0.3 is 9.47 Å². The molecular weight excluding hydrogens is 330 g/mol. The van der Waals surface area contributed by atoms with Crippen molar-refractivity contribution in [3.8, 4) is 0 Å². The zero-order chi connectivity index (χ0) is 14.0. The van der Waals surface area contributed by atoms with Crippen LogP contribution in [-0.2, 0) is 9.47 Å². The van der Waals surface area contributed by atoms with E-state index in [9.17, 15) is 4.79 Å². The van der Waals surface area contributed by atoms with Gasteiger partial charge >= 0.3 is 6.09 Å². The Morgan fingerprint density at radius 1 is 1.53 bits per heavy atom. The zero-order valence-electron chi connectivity index (χ0n) is 11.1. The Morgan fingerprint density at radius 2 is 2.26 bits per heavy atom. The van der Waals surface area contributed by atoms with Crippen LogP contribution in [0.4, 0.5) is 4.79 Å². The van der Waals surface area contributed by atoms with Gasteiger partial charge in [0.25, 0.3) is 0 Å². The molecule has 0 N–H and O–H groups in total. The lowest BCUT2D eigenvalue weighted by Gasteiger charge is -2.31. The smallest absolute Gasteiger partial charge is 0.415 e. The van der Waals surface area contributed by atoms with Crippen LogP contribution >= 0.6 is 27.3 Å². The molecule has 0 unspecified atom stereocenters. The Labute approximate surface area is 125 Å². The average Bonchev–Trinajstić information content (AvgIpc) is 2.79. The number of thiophene rings is 1. The molecule has 0 aromatic carbocycles. The molecule has 0 spiro atoms. The van der Waals surface area contributed by atoms with Gasteiger partial charge in [0.2, 0.25) is 0 Å². The van der Waals surface area contributed by atoms with Crippen molar-refractivity contribution in [1.82, 2.24) is 4.90 Å². The van der Waals surface area contributed by atoms with E-state index in [1.165, 1.54) is 0 Å². The molecule has 0 fully saturated rings. The van der Waals surface area contributed by atoms with Crippen molar-refractivity contribution < 1.29 is 14.3 Å². The number of carbonyl (C=O) groups excluding carboxylic acids is 1. The Bertz CT molecular complexity index is 490. The molecule has 1 aromatic rings. The van der Waals surface area contributed by atoms with E-state index < -0.39 is 5.60 Å². The van der Waals surface area contributed by atoms with Crippen LogP contribution in [0.2, 0.25) is 0 Å². The van der Waals surface area contributed by atoms with Crippen LogP contribution in [-0.4, -0.2) is 29.7 Å². The van der Waals surface area contributed by atoms with Gasteiger partial charge in [-0.1, -0.05) is 6.07 Å². The van der Waals surface area contributed by atoms with Gasteiger partial charge in [-0.3, -0.25) is 4.90 Å². The van der Waals surface area contributed by atoms with Crippen LogP contribution < -0.4 is 0 Å². The van der Waals surface area contributed by atoms with Crippen molar-refractivity contribution in [2.45, 2.75) is 26.4 Å². The topological polar surface area (TPSA) is 38.8 Å². The molecule has 0 saturated carbocycles. The molecular formula is C13H16BrNO3S. The normalized spacial score (nSPS) is 16.3. The lowest BCUT2D eigenvalue weighted by atomic mass is 10.2. The summed E-state index contributed by atoms with van der Waals surface area (Å²) in [5, 5.41) is 1.96. The summed E-state index contributed by atoms with van der Waals surface area (Å²) in [5.74, 6) is 0. The number of nitrogens with zero attached hydrogens (tertiary/aromatic N) is 1. The maximum absolute atomic E-state index is 12.3. The average molecular weight is 346 g/mol. The zero-order valence-corrected chi connectivity index (χ0v) is 13.5. The van der Waals surface area contributed by atoms with Crippen molar-refractivity contribution in [1.29, 1.82) is 0 Å². The summed E-state index contributed by atoms with van der Waals surface area (Å²) in [6.07, 6.45) is -0.351. The number of halogens is 1. The minimum absolute atomic E-state index is 0.351. The summed E-state index contributed by atoms with van der Waals surface area (Å²) in [4.78, 5) is 14.8. The fourth-order valence-corrected chi connectivity index (χ4v) is 3.15. The molecule has 0 aliphatic carbocycles. The van der Waals surface area contributed by atoms with Crippen LogP contribution in [0.3, 0.4) is 0 Å². The first kappa shape index (κ1) is 14.4. The van der Waals surface area contributed by atoms with Gasteiger partial charge in [0.15, 0.2) is 4.67 Å². The van der Waals surface area contributed by atoms with E-state index in [0.717, 1.165) is 10.6 Å². The van der Waals surface area contributed by atoms with Gasteiger partial charge in [0, 0.05) is 0 Å². The second-order valence-electron chi connectivity index (χ2n) is 5.08. The SMILES string of the molecule is CC(C)(C)OC(=O)N1CCOC(Br)=C1c1cccs1. The van der Waals surface area contributed by atoms with Gasteiger partial charge in [0.05, 0.1) is 11.4 Å². The second kappa shape index (κ2) is 5.54. The fourth-order valence-electron chi connectivity index (χ4n) is 1.66. The third-order valence-corrected chi connectivity index (χ3v) is 3.85. The summed E-state index contributed by atoms with van der Waals surface area (Å²) < 4.78 is 11.5. The minimum atomic E-state index is -0.511. The highest BCUT2D eigenvalue weighted by Crippen LogP contribution is 2.33. The van der Waals surface area contributed by atoms with E-state index in [1.54, 1.807) is 16.2 Å². The van der Waals surface area contributed by atoms with E-state index in [0.29, 0.717) is 17.8 Å². The highest BCUT2D eigenvalue weighted by Gasteiger charge is 2.30. The molecule has 0 bridgehead atoms. The van der Waals surface area contributed by atoms with Crippen molar-refractivity contribution in [2.75, 3.05) is 13.2 Å². The molecule has 1 amide bonds. The minimum Gasteiger partial charge on any atom is -0.483 e. The Kier molecular flexibility index (Phi) is 4.20. The molecule has 2 heterocycles. The number of ether oxygens (including phenoxy) is 2. The first-order valence-electron chi connectivity index (χ1n) is 5.95. The van der Waals surface area contributed by atoms with Gasteiger partial charge in [-0.25, -0.2) is 4.79 Å². The molecule has 0 atom stereocenters. The molecule has 1 aliphatic rings. The Hall–Kier alpha value is -1.01. The molecule has 104 valence electrons. The number of carbonyl (C=O) groups is 1. The van der Waals surface area contributed by atoms with Crippen LogP contribution in [0.1, 0.15) is 25.6 Å². The number of rotatable bonds is 1. The van der Waals surface area contributed by atoms with Crippen molar-refractivity contribution in [3.63, 3.8) is 0 Å². The Balaban J connectivity index is 2.28. The standard InChI is InChI=1S/C13H16BrNO3S/c1-13(2,3)18-12(16)15-6-7-17-11(14)10(15)9-5-4-8-19-9/h4-5,8H,6-7H2,1-3H3. The summed E-state index contributed by atoms with van der Waals surface area (Å²) in [6, 6.07) is 3.89. The van der Waals surface area contributed by atoms with Gasteiger partial charge in [-0.15, -0.1) is 11.3 Å². The van der Waals surface area contributed by atoms with Crippen molar-refractivity contribution in [2.24, 2.45) is 0 Å². The van der Waals surface area contributed by atoms with Gasteiger partial charge in [-0.2, -0.15) is 0 Å². The molecule has 1 aromatic heterocycles. The predicted octanol–water partition coefficient (Wildman–Crippen LogP) is 4.04.